The van der Waals surface area contributed by atoms with Gasteiger partial charge in [-0.05, 0) is 12.5 Å². The molecule has 3 rings (SSSR count). The second kappa shape index (κ2) is 8.16. The fourth-order valence-corrected chi connectivity index (χ4v) is 4.69. The van der Waals surface area contributed by atoms with Gasteiger partial charge in [0.2, 0.25) is 0 Å². The van der Waals surface area contributed by atoms with Crippen molar-refractivity contribution < 1.29 is 24.3 Å². The Bertz CT molecular complexity index is 882. The maximum absolute atomic E-state index is 12.7. The van der Waals surface area contributed by atoms with Crippen molar-refractivity contribution in [3.05, 3.63) is 22.3 Å². The van der Waals surface area contributed by atoms with Crippen molar-refractivity contribution in [2.45, 2.75) is 18.3 Å². The van der Waals surface area contributed by atoms with E-state index < -0.39 is 29.2 Å². The summed E-state index contributed by atoms with van der Waals surface area (Å²) in [7, 11) is 0. The van der Waals surface area contributed by atoms with E-state index in [9.17, 15) is 19.5 Å². The van der Waals surface area contributed by atoms with Gasteiger partial charge in [-0.1, -0.05) is 5.16 Å². The first-order chi connectivity index (χ1) is 13.4. The lowest BCUT2D eigenvalue weighted by Gasteiger charge is -2.49. The van der Waals surface area contributed by atoms with E-state index in [1.165, 1.54) is 11.8 Å². The molecule has 0 radical (unpaired) electrons. The maximum Gasteiger partial charge on any atom is 0.352 e. The van der Waals surface area contributed by atoms with Crippen LogP contribution in [-0.4, -0.2) is 68.8 Å². The third-order valence-corrected chi connectivity index (χ3v) is 6.06. The number of thioether (sulfide) groups is 1. The highest BCUT2D eigenvalue weighted by atomic mass is 32.2. The van der Waals surface area contributed by atoms with Crippen LogP contribution < -0.4 is 16.8 Å². The summed E-state index contributed by atoms with van der Waals surface area (Å²) in [6.07, 6.45) is 0. The number of carboxylic acid groups (broad SMARTS) is 1. The number of aliphatic carboxylic acids is 1. The number of nitrogens with one attached hydrogen (secondary N) is 1. The van der Waals surface area contributed by atoms with Crippen LogP contribution in [0.15, 0.2) is 21.8 Å². The summed E-state index contributed by atoms with van der Waals surface area (Å²) in [5.41, 5.74) is 11.7. The second-order valence-electron chi connectivity index (χ2n) is 5.75. The average Bonchev–Trinajstić information content (AvgIpc) is 3.10. The van der Waals surface area contributed by atoms with Crippen LogP contribution >= 0.6 is 23.1 Å². The van der Waals surface area contributed by atoms with Gasteiger partial charge < -0.3 is 26.7 Å². The first-order valence-electron chi connectivity index (χ1n) is 8.21. The van der Waals surface area contributed by atoms with Gasteiger partial charge in [-0.25, -0.2) is 9.78 Å². The highest BCUT2D eigenvalue weighted by Crippen LogP contribution is 2.40. The van der Waals surface area contributed by atoms with E-state index in [-0.39, 0.29) is 35.4 Å². The third kappa shape index (κ3) is 3.55. The van der Waals surface area contributed by atoms with E-state index in [2.05, 4.69) is 15.5 Å². The molecule has 6 N–H and O–H groups in total. The molecule has 0 aromatic carbocycles. The molecular weight excluding hydrogens is 408 g/mol. The summed E-state index contributed by atoms with van der Waals surface area (Å²) in [6, 6.07) is -0.894. The molecule has 1 aromatic rings. The lowest BCUT2D eigenvalue weighted by atomic mass is 10.0. The Kier molecular flexibility index (Phi) is 5.86. The standard InChI is InChI=1S/C15H18N6O5S2/c1-2-26-20-8(7-5-28-15(17)18-7)11(22)19-9-12(23)21-10(14(24)25)6(3-16)4-27-13(9)21/h5,9,13H,2-4,16H2,1H3,(H2,17,18)(H,19,22)(H,24,25)/b20-8-/t9?,13-/m1/s1. The van der Waals surface area contributed by atoms with Gasteiger partial charge in [-0.15, -0.1) is 23.1 Å². The number of nitrogens with two attached hydrogens (primary N) is 2. The number of oxime groups is 1. The zero-order valence-corrected chi connectivity index (χ0v) is 16.4. The Morgan fingerprint density at radius 2 is 2.29 bits per heavy atom. The molecule has 0 spiro atoms. The molecule has 0 aliphatic carbocycles. The minimum atomic E-state index is -1.22. The predicted molar refractivity (Wildman–Crippen MR) is 103 cm³/mol. The van der Waals surface area contributed by atoms with Crippen molar-refractivity contribution in [3.63, 3.8) is 0 Å². The molecule has 1 saturated heterocycles. The number of carbonyl (C=O) groups is 3. The van der Waals surface area contributed by atoms with E-state index in [0.29, 0.717) is 11.3 Å². The van der Waals surface area contributed by atoms with Gasteiger partial charge in [0.15, 0.2) is 10.8 Å². The number of thiazole rings is 1. The van der Waals surface area contributed by atoms with E-state index in [4.69, 9.17) is 16.3 Å². The fourth-order valence-electron chi connectivity index (χ4n) is 2.78. The summed E-state index contributed by atoms with van der Waals surface area (Å²) in [5.74, 6) is -2.05. The van der Waals surface area contributed by atoms with Crippen molar-refractivity contribution >= 4 is 51.7 Å². The van der Waals surface area contributed by atoms with E-state index >= 15 is 0 Å². The van der Waals surface area contributed by atoms with Crippen molar-refractivity contribution in [3.8, 4) is 0 Å². The van der Waals surface area contributed by atoms with Crippen LogP contribution in [-0.2, 0) is 19.2 Å². The van der Waals surface area contributed by atoms with Crippen molar-refractivity contribution in [2.24, 2.45) is 10.9 Å². The average molecular weight is 426 g/mol. The normalized spacial score (nSPS) is 21.9. The van der Waals surface area contributed by atoms with Crippen LogP contribution in [0.4, 0.5) is 5.13 Å². The monoisotopic (exact) mass is 426 g/mol. The highest BCUT2D eigenvalue weighted by Gasteiger charge is 2.54. The van der Waals surface area contributed by atoms with Gasteiger partial charge in [-0.2, -0.15) is 0 Å². The molecule has 13 heteroatoms. The summed E-state index contributed by atoms with van der Waals surface area (Å²) in [5, 5.41) is 17.1. The number of nitrogens with zero attached hydrogens (tertiary/aromatic N) is 3. The smallest absolute Gasteiger partial charge is 0.352 e. The number of β-lactam (4-membered cyclic amide) rings is 1. The van der Waals surface area contributed by atoms with Gasteiger partial charge in [0, 0.05) is 17.7 Å². The number of amides is 2. The number of rotatable bonds is 7. The van der Waals surface area contributed by atoms with Crippen molar-refractivity contribution in [2.75, 3.05) is 24.6 Å². The van der Waals surface area contributed by atoms with Gasteiger partial charge in [0.1, 0.15) is 29.4 Å². The Morgan fingerprint density at radius 1 is 1.54 bits per heavy atom. The number of fused-ring (bicyclic) bond motifs is 1. The largest absolute Gasteiger partial charge is 0.477 e. The Labute approximate surface area is 167 Å². The van der Waals surface area contributed by atoms with Crippen LogP contribution in [0.2, 0.25) is 0 Å². The minimum Gasteiger partial charge on any atom is -0.477 e. The summed E-state index contributed by atoms with van der Waals surface area (Å²) in [6.45, 7) is 1.98. The molecule has 3 heterocycles. The first-order valence-corrected chi connectivity index (χ1v) is 10.1. The molecule has 28 heavy (non-hydrogen) atoms. The quantitative estimate of drug-likeness (QED) is 0.246. The predicted octanol–water partition coefficient (Wildman–Crippen LogP) is -0.837. The lowest BCUT2D eigenvalue weighted by Crippen LogP contribution is -2.71. The van der Waals surface area contributed by atoms with Gasteiger partial charge >= 0.3 is 5.97 Å². The van der Waals surface area contributed by atoms with Crippen LogP contribution in [0.1, 0.15) is 12.6 Å². The zero-order valence-electron chi connectivity index (χ0n) is 14.7. The zero-order chi connectivity index (χ0) is 20.4. The summed E-state index contributed by atoms with van der Waals surface area (Å²) in [4.78, 5) is 46.9. The molecule has 2 aliphatic rings. The highest BCUT2D eigenvalue weighted by molar-refractivity contribution is 8.00. The Balaban J connectivity index is 1.79. The molecule has 2 atom stereocenters. The summed E-state index contributed by atoms with van der Waals surface area (Å²) >= 11 is 2.47. The molecule has 150 valence electrons. The van der Waals surface area contributed by atoms with E-state index in [1.807, 2.05) is 0 Å². The minimum absolute atomic E-state index is 0.0402. The molecule has 2 amide bonds. The van der Waals surface area contributed by atoms with Crippen LogP contribution in [0.5, 0.6) is 0 Å². The number of carboxylic acids is 1. The Hall–Kier alpha value is -2.64. The van der Waals surface area contributed by atoms with Crippen molar-refractivity contribution in [1.82, 2.24) is 15.2 Å². The molecule has 2 aliphatic heterocycles. The van der Waals surface area contributed by atoms with E-state index in [1.54, 1.807) is 12.3 Å². The number of aromatic nitrogens is 1. The molecule has 1 aromatic heterocycles. The number of hydrogen-bond donors (Lipinski definition) is 4. The van der Waals surface area contributed by atoms with Gasteiger partial charge in [-0.3, -0.25) is 14.5 Å². The molecular formula is C15H18N6O5S2. The van der Waals surface area contributed by atoms with Gasteiger partial charge in [0.05, 0.1) is 0 Å². The van der Waals surface area contributed by atoms with Crippen molar-refractivity contribution in [1.29, 1.82) is 0 Å². The molecule has 0 saturated carbocycles. The molecule has 11 nitrogen and oxygen atoms in total. The number of anilines is 1. The van der Waals surface area contributed by atoms with E-state index in [0.717, 1.165) is 16.2 Å². The summed E-state index contributed by atoms with van der Waals surface area (Å²) < 4.78 is 0. The second-order valence-corrected chi connectivity index (χ2v) is 7.75. The Morgan fingerprint density at radius 3 is 2.86 bits per heavy atom. The molecule has 0 bridgehead atoms. The topological polar surface area (TPSA) is 173 Å². The number of hydrogen-bond acceptors (Lipinski definition) is 10. The first kappa shape index (κ1) is 20.1. The van der Waals surface area contributed by atoms with Gasteiger partial charge in [0.25, 0.3) is 11.8 Å². The fraction of sp³-hybridized carbons (Fsp3) is 0.400. The molecule has 1 unspecified atom stereocenters. The van der Waals surface area contributed by atoms with Crippen LogP contribution in [0, 0.1) is 0 Å². The van der Waals surface area contributed by atoms with Crippen LogP contribution in [0.3, 0.4) is 0 Å². The maximum atomic E-state index is 12.7. The SMILES string of the molecule is CCO/N=C(\C(=O)NC1C(=O)N2C(C(=O)O)=C(CN)CS[C@H]12)c1csc(N)n1. The van der Waals surface area contributed by atoms with Crippen LogP contribution in [0.25, 0.3) is 0 Å². The number of carbonyl (C=O) groups excluding carboxylic acids is 2. The number of nitrogen functional groups attached to an aromatic ring is 1. The lowest BCUT2D eigenvalue weighted by molar-refractivity contribution is -0.150. The molecule has 1 fully saturated rings. The third-order valence-electron chi connectivity index (χ3n) is 4.05.